The van der Waals surface area contributed by atoms with E-state index in [0.717, 1.165) is 11.3 Å². The molecule has 1 aromatic heterocycles. The van der Waals surface area contributed by atoms with Gasteiger partial charge < -0.3 is 15.7 Å². The summed E-state index contributed by atoms with van der Waals surface area (Å²) >= 11 is 0. The van der Waals surface area contributed by atoms with Crippen molar-refractivity contribution in [1.29, 1.82) is 0 Å². The SMILES string of the molecule is Cc1cccnc1CNC(=O)NCC(C)CCC(=O)O. The van der Waals surface area contributed by atoms with E-state index in [9.17, 15) is 9.59 Å². The number of pyridine rings is 1. The molecule has 0 saturated carbocycles. The van der Waals surface area contributed by atoms with Crippen molar-refractivity contribution in [3.63, 3.8) is 0 Å². The molecule has 0 aliphatic carbocycles. The highest BCUT2D eigenvalue weighted by Crippen LogP contribution is 2.04. The Balaban J connectivity index is 2.24. The Morgan fingerprint density at radius 1 is 1.40 bits per heavy atom. The van der Waals surface area contributed by atoms with E-state index in [0.29, 0.717) is 19.5 Å². The monoisotopic (exact) mass is 279 g/mol. The van der Waals surface area contributed by atoms with Crippen LogP contribution >= 0.6 is 0 Å². The molecular formula is C14H21N3O3. The Hall–Kier alpha value is -2.11. The quantitative estimate of drug-likeness (QED) is 0.708. The lowest BCUT2D eigenvalue weighted by Crippen LogP contribution is -2.37. The highest BCUT2D eigenvalue weighted by molar-refractivity contribution is 5.73. The summed E-state index contributed by atoms with van der Waals surface area (Å²) in [6, 6.07) is 3.52. The first-order valence-corrected chi connectivity index (χ1v) is 6.63. The number of nitrogens with zero attached hydrogens (tertiary/aromatic N) is 1. The predicted octanol–water partition coefficient (Wildman–Crippen LogP) is 1.69. The Labute approximate surface area is 118 Å². The molecule has 0 saturated heterocycles. The highest BCUT2D eigenvalue weighted by Gasteiger charge is 2.08. The predicted molar refractivity (Wildman–Crippen MR) is 75.2 cm³/mol. The van der Waals surface area contributed by atoms with Gasteiger partial charge in [0.2, 0.25) is 0 Å². The van der Waals surface area contributed by atoms with Crippen LogP contribution in [0.2, 0.25) is 0 Å². The lowest BCUT2D eigenvalue weighted by molar-refractivity contribution is -0.137. The van der Waals surface area contributed by atoms with Crippen LogP contribution in [0.15, 0.2) is 18.3 Å². The number of carboxylic acid groups (broad SMARTS) is 1. The minimum absolute atomic E-state index is 0.123. The van der Waals surface area contributed by atoms with Gasteiger partial charge in [0, 0.05) is 19.2 Å². The van der Waals surface area contributed by atoms with E-state index >= 15 is 0 Å². The van der Waals surface area contributed by atoms with Gasteiger partial charge in [-0.3, -0.25) is 9.78 Å². The van der Waals surface area contributed by atoms with Crippen molar-refractivity contribution in [2.75, 3.05) is 6.54 Å². The number of rotatable bonds is 7. The molecule has 1 aromatic rings. The van der Waals surface area contributed by atoms with Gasteiger partial charge in [0.1, 0.15) is 0 Å². The van der Waals surface area contributed by atoms with Crippen molar-refractivity contribution in [2.24, 2.45) is 5.92 Å². The number of aliphatic carboxylic acids is 1. The first-order chi connectivity index (χ1) is 9.49. The molecule has 20 heavy (non-hydrogen) atoms. The van der Waals surface area contributed by atoms with Crippen LogP contribution in [0.25, 0.3) is 0 Å². The summed E-state index contributed by atoms with van der Waals surface area (Å²) in [4.78, 5) is 26.2. The lowest BCUT2D eigenvalue weighted by Gasteiger charge is -2.12. The summed E-state index contributed by atoms with van der Waals surface area (Å²) in [5.41, 5.74) is 1.87. The molecule has 6 nitrogen and oxygen atoms in total. The zero-order valence-corrected chi connectivity index (χ0v) is 11.8. The lowest BCUT2D eigenvalue weighted by atomic mass is 10.1. The molecule has 0 aromatic carbocycles. The third-order valence-electron chi connectivity index (χ3n) is 3.00. The molecule has 1 atom stereocenters. The van der Waals surface area contributed by atoms with Crippen LogP contribution in [0.3, 0.4) is 0 Å². The van der Waals surface area contributed by atoms with Gasteiger partial charge in [-0.25, -0.2) is 4.79 Å². The average molecular weight is 279 g/mol. The standard InChI is InChI=1S/C14H21N3O3/c1-10(5-6-13(18)19)8-16-14(20)17-9-12-11(2)4-3-7-15-12/h3-4,7,10H,5-6,8-9H2,1-2H3,(H,18,19)(H2,16,17,20). The van der Waals surface area contributed by atoms with E-state index in [1.54, 1.807) is 6.20 Å². The zero-order valence-electron chi connectivity index (χ0n) is 11.8. The second kappa shape index (κ2) is 8.14. The summed E-state index contributed by atoms with van der Waals surface area (Å²) in [5, 5.41) is 14.0. The number of carbonyl (C=O) groups excluding carboxylic acids is 1. The van der Waals surface area contributed by atoms with Crippen LogP contribution in [0.1, 0.15) is 31.0 Å². The van der Waals surface area contributed by atoms with Gasteiger partial charge in [0.25, 0.3) is 0 Å². The number of aromatic nitrogens is 1. The molecule has 1 unspecified atom stereocenters. The average Bonchev–Trinajstić information content (AvgIpc) is 2.42. The Bertz CT molecular complexity index is 463. The Kier molecular flexibility index (Phi) is 6.49. The maximum absolute atomic E-state index is 11.6. The second-order valence-electron chi connectivity index (χ2n) is 4.87. The van der Waals surface area contributed by atoms with E-state index in [1.165, 1.54) is 0 Å². The van der Waals surface area contributed by atoms with Crippen molar-refractivity contribution in [2.45, 2.75) is 33.2 Å². The zero-order chi connectivity index (χ0) is 15.0. The largest absolute Gasteiger partial charge is 0.481 e. The van der Waals surface area contributed by atoms with Gasteiger partial charge in [-0.05, 0) is 30.9 Å². The van der Waals surface area contributed by atoms with Gasteiger partial charge in [-0.2, -0.15) is 0 Å². The number of urea groups is 1. The summed E-state index contributed by atoms with van der Waals surface area (Å²) < 4.78 is 0. The molecular weight excluding hydrogens is 258 g/mol. The van der Waals surface area contributed by atoms with Crippen LogP contribution in [0, 0.1) is 12.8 Å². The van der Waals surface area contributed by atoms with Crippen molar-refractivity contribution in [3.05, 3.63) is 29.6 Å². The van der Waals surface area contributed by atoms with Crippen molar-refractivity contribution >= 4 is 12.0 Å². The van der Waals surface area contributed by atoms with Crippen molar-refractivity contribution in [3.8, 4) is 0 Å². The fourth-order valence-electron chi connectivity index (χ4n) is 1.67. The second-order valence-corrected chi connectivity index (χ2v) is 4.87. The topological polar surface area (TPSA) is 91.3 Å². The number of carbonyl (C=O) groups is 2. The molecule has 0 spiro atoms. The molecule has 0 fully saturated rings. The molecule has 110 valence electrons. The Morgan fingerprint density at radius 2 is 2.15 bits per heavy atom. The maximum Gasteiger partial charge on any atom is 0.315 e. The Morgan fingerprint density at radius 3 is 2.80 bits per heavy atom. The van der Waals surface area contributed by atoms with E-state index in [-0.39, 0.29) is 18.4 Å². The number of hydrogen-bond acceptors (Lipinski definition) is 3. The third-order valence-corrected chi connectivity index (χ3v) is 3.00. The molecule has 1 heterocycles. The fourth-order valence-corrected chi connectivity index (χ4v) is 1.67. The van der Waals surface area contributed by atoms with Crippen molar-refractivity contribution in [1.82, 2.24) is 15.6 Å². The number of aryl methyl sites for hydroxylation is 1. The summed E-state index contributed by atoms with van der Waals surface area (Å²) in [5.74, 6) is -0.680. The molecule has 0 radical (unpaired) electrons. The van der Waals surface area contributed by atoms with E-state index in [4.69, 9.17) is 5.11 Å². The van der Waals surface area contributed by atoms with Crippen LogP contribution in [-0.4, -0.2) is 28.6 Å². The van der Waals surface area contributed by atoms with E-state index in [1.807, 2.05) is 26.0 Å². The summed E-state index contributed by atoms with van der Waals surface area (Å²) in [6.07, 6.45) is 2.36. The number of hydrogen-bond donors (Lipinski definition) is 3. The first-order valence-electron chi connectivity index (χ1n) is 6.63. The highest BCUT2D eigenvalue weighted by atomic mass is 16.4. The minimum atomic E-state index is -0.813. The smallest absolute Gasteiger partial charge is 0.315 e. The van der Waals surface area contributed by atoms with Gasteiger partial charge in [-0.1, -0.05) is 13.0 Å². The van der Waals surface area contributed by atoms with Crippen molar-refractivity contribution < 1.29 is 14.7 Å². The van der Waals surface area contributed by atoms with Crippen LogP contribution < -0.4 is 10.6 Å². The molecule has 3 N–H and O–H groups in total. The molecule has 2 amide bonds. The summed E-state index contributed by atoms with van der Waals surface area (Å²) in [7, 11) is 0. The van der Waals surface area contributed by atoms with E-state index < -0.39 is 5.97 Å². The molecule has 1 rings (SSSR count). The normalized spacial score (nSPS) is 11.7. The van der Waals surface area contributed by atoms with Gasteiger partial charge in [-0.15, -0.1) is 0 Å². The fraction of sp³-hybridized carbons (Fsp3) is 0.500. The maximum atomic E-state index is 11.6. The molecule has 0 aliphatic heterocycles. The van der Waals surface area contributed by atoms with Crippen LogP contribution in [0.5, 0.6) is 0 Å². The minimum Gasteiger partial charge on any atom is -0.481 e. The molecule has 6 heteroatoms. The number of carboxylic acids is 1. The first kappa shape index (κ1) is 15.9. The molecule has 0 bridgehead atoms. The summed E-state index contributed by atoms with van der Waals surface area (Å²) in [6.45, 7) is 4.68. The van der Waals surface area contributed by atoms with E-state index in [2.05, 4.69) is 15.6 Å². The third kappa shape index (κ3) is 6.17. The van der Waals surface area contributed by atoms with Crippen LogP contribution in [0.4, 0.5) is 4.79 Å². The van der Waals surface area contributed by atoms with Gasteiger partial charge >= 0.3 is 12.0 Å². The van der Waals surface area contributed by atoms with Crippen LogP contribution in [-0.2, 0) is 11.3 Å². The number of amides is 2. The van der Waals surface area contributed by atoms with Gasteiger partial charge in [0.15, 0.2) is 0 Å². The molecule has 0 aliphatic rings. The number of nitrogens with one attached hydrogen (secondary N) is 2. The van der Waals surface area contributed by atoms with Gasteiger partial charge in [0.05, 0.1) is 12.2 Å².